The molecule has 1 aromatic carbocycles. The molecule has 1 atom stereocenters. The minimum Gasteiger partial charge on any atom is -0.368 e. The molecule has 140 valence electrons. The van der Waals surface area contributed by atoms with Gasteiger partial charge in [-0.15, -0.1) is 6.58 Å². The first kappa shape index (κ1) is 18.0. The summed E-state index contributed by atoms with van der Waals surface area (Å²) in [4.78, 5) is 6.56. The molecule has 0 bridgehead atoms. The molecule has 0 saturated carbocycles. The van der Waals surface area contributed by atoms with Crippen LogP contribution < -0.4 is 0 Å². The highest BCUT2D eigenvalue weighted by Crippen LogP contribution is 2.33. The van der Waals surface area contributed by atoms with Gasteiger partial charge in [0.25, 0.3) is 0 Å². The second-order valence-corrected chi connectivity index (χ2v) is 7.44. The number of likely N-dealkylation sites (N-methyl/N-ethyl adjacent to an activating group) is 1. The molecule has 0 fully saturated rings. The summed E-state index contributed by atoms with van der Waals surface area (Å²) in [5, 5.41) is 1.38. The molecule has 0 saturated heterocycles. The Bertz CT molecular complexity index is 945. The Morgan fingerprint density at radius 2 is 2.07 bits per heavy atom. The SMILES string of the molecule is C=CCOC(Cn1c2c(c3cc(C)ccc31)CN(C)CC2)c1ccncc1. The molecule has 3 aromatic rings. The number of hydrogen-bond acceptors (Lipinski definition) is 3. The number of hydrogen-bond donors (Lipinski definition) is 0. The lowest BCUT2D eigenvalue weighted by Gasteiger charge is -2.26. The fourth-order valence-electron chi connectivity index (χ4n) is 4.09. The maximum absolute atomic E-state index is 6.16. The van der Waals surface area contributed by atoms with Gasteiger partial charge in [0.15, 0.2) is 0 Å². The predicted octanol–water partition coefficient (Wildman–Crippen LogP) is 4.28. The van der Waals surface area contributed by atoms with Gasteiger partial charge in [0.2, 0.25) is 0 Å². The molecule has 0 radical (unpaired) electrons. The van der Waals surface area contributed by atoms with Crippen molar-refractivity contribution in [3.63, 3.8) is 0 Å². The third kappa shape index (κ3) is 3.55. The van der Waals surface area contributed by atoms with Gasteiger partial charge in [-0.25, -0.2) is 0 Å². The fourth-order valence-corrected chi connectivity index (χ4v) is 4.09. The second kappa shape index (κ2) is 7.67. The van der Waals surface area contributed by atoms with Gasteiger partial charge in [-0.3, -0.25) is 4.98 Å². The lowest BCUT2D eigenvalue weighted by atomic mass is 10.0. The number of ether oxygens (including phenoxy) is 1. The first-order valence-electron chi connectivity index (χ1n) is 9.59. The van der Waals surface area contributed by atoms with Crippen LogP contribution in [0.25, 0.3) is 10.9 Å². The quantitative estimate of drug-likeness (QED) is 0.614. The highest BCUT2D eigenvalue weighted by molar-refractivity contribution is 5.86. The van der Waals surface area contributed by atoms with Crippen LogP contribution in [0.2, 0.25) is 0 Å². The lowest BCUT2D eigenvalue weighted by Crippen LogP contribution is -2.28. The minimum atomic E-state index is -0.0216. The van der Waals surface area contributed by atoms with Crippen molar-refractivity contribution in [1.82, 2.24) is 14.5 Å². The van der Waals surface area contributed by atoms with Gasteiger partial charge in [-0.05, 0) is 49.4 Å². The van der Waals surface area contributed by atoms with E-state index in [-0.39, 0.29) is 6.10 Å². The zero-order valence-corrected chi connectivity index (χ0v) is 16.2. The monoisotopic (exact) mass is 361 g/mol. The predicted molar refractivity (Wildman–Crippen MR) is 110 cm³/mol. The van der Waals surface area contributed by atoms with E-state index in [4.69, 9.17) is 4.74 Å². The average Bonchev–Trinajstić information content (AvgIpc) is 2.98. The minimum absolute atomic E-state index is 0.0216. The summed E-state index contributed by atoms with van der Waals surface area (Å²) in [7, 11) is 2.20. The molecule has 2 aromatic heterocycles. The van der Waals surface area contributed by atoms with Crippen LogP contribution in [-0.4, -0.2) is 34.7 Å². The van der Waals surface area contributed by atoms with Gasteiger partial charge in [-0.1, -0.05) is 17.7 Å². The van der Waals surface area contributed by atoms with Gasteiger partial charge >= 0.3 is 0 Å². The number of fused-ring (bicyclic) bond motifs is 3. The third-order valence-electron chi connectivity index (χ3n) is 5.44. The molecule has 0 N–H and O–H groups in total. The van der Waals surface area contributed by atoms with Crippen molar-refractivity contribution in [3.05, 3.63) is 77.8 Å². The van der Waals surface area contributed by atoms with Crippen molar-refractivity contribution in [2.24, 2.45) is 0 Å². The summed E-state index contributed by atoms with van der Waals surface area (Å²) < 4.78 is 8.64. The molecule has 4 nitrogen and oxygen atoms in total. The van der Waals surface area contributed by atoms with E-state index >= 15 is 0 Å². The smallest absolute Gasteiger partial charge is 0.101 e. The number of nitrogens with zero attached hydrogens (tertiary/aromatic N) is 3. The van der Waals surface area contributed by atoms with Crippen molar-refractivity contribution in [2.45, 2.75) is 32.5 Å². The molecule has 1 aliphatic heterocycles. The first-order chi connectivity index (χ1) is 13.2. The van der Waals surface area contributed by atoms with Crippen LogP contribution in [-0.2, 0) is 24.2 Å². The highest BCUT2D eigenvalue weighted by Gasteiger charge is 2.24. The van der Waals surface area contributed by atoms with Crippen LogP contribution >= 0.6 is 0 Å². The molecule has 4 rings (SSSR count). The van der Waals surface area contributed by atoms with Crippen molar-refractivity contribution >= 4 is 10.9 Å². The Labute approximate surface area is 161 Å². The summed E-state index contributed by atoms with van der Waals surface area (Å²) in [6.07, 6.45) is 6.54. The molecule has 3 heterocycles. The van der Waals surface area contributed by atoms with E-state index in [1.54, 1.807) is 0 Å². The third-order valence-corrected chi connectivity index (χ3v) is 5.44. The first-order valence-corrected chi connectivity index (χ1v) is 9.59. The van der Waals surface area contributed by atoms with E-state index < -0.39 is 0 Å². The van der Waals surface area contributed by atoms with Crippen LogP contribution in [0.5, 0.6) is 0 Å². The van der Waals surface area contributed by atoms with Crippen molar-refractivity contribution in [1.29, 1.82) is 0 Å². The van der Waals surface area contributed by atoms with Gasteiger partial charge in [0, 0.05) is 48.5 Å². The van der Waals surface area contributed by atoms with Gasteiger partial charge in [-0.2, -0.15) is 0 Å². The van der Waals surface area contributed by atoms with Gasteiger partial charge in [0.1, 0.15) is 6.10 Å². The summed E-state index contributed by atoms with van der Waals surface area (Å²) in [6, 6.07) is 10.9. The standard InChI is InChI=1S/C23H27N3O/c1-4-13-27-23(18-7-10-24-11-8-18)16-26-21-6-5-17(2)14-19(21)20-15-25(3)12-9-22(20)26/h4-8,10-11,14,23H,1,9,12-13,15-16H2,2-3H3. The molecular formula is C23H27N3O. The summed E-state index contributed by atoms with van der Waals surface area (Å²) in [5.74, 6) is 0. The molecule has 1 aliphatic rings. The van der Waals surface area contributed by atoms with Crippen molar-refractivity contribution in [2.75, 3.05) is 20.2 Å². The Morgan fingerprint density at radius 1 is 1.26 bits per heavy atom. The maximum atomic E-state index is 6.16. The zero-order valence-electron chi connectivity index (χ0n) is 16.2. The van der Waals surface area contributed by atoms with Crippen LogP contribution in [0.3, 0.4) is 0 Å². The van der Waals surface area contributed by atoms with Gasteiger partial charge < -0.3 is 14.2 Å². The summed E-state index contributed by atoms with van der Waals surface area (Å²) >= 11 is 0. The molecule has 0 amide bonds. The number of aromatic nitrogens is 2. The Hall–Kier alpha value is -2.43. The molecule has 0 spiro atoms. The summed E-state index contributed by atoms with van der Waals surface area (Å²) in [5.41, 5.74) is 6.70. The van der Waals surface area contributed by atoms with E-state index in [0.717, 1.165) is 31.6 Å². The van der Waals surface area contributed by atoms with E-state index in [2.05, 4.69) is 53.2 Å². The van der Waals surface area contributed by atoms with Crippen LogP contribution in [0, 0.1) is 6.92 Å². The van der Waals surface area contributed by atoms with Crippen molar-refractivity contribution in [3.8, 4) is 0 Å². The maximum Gasteiger partial charge on any atom is 0.101 e. The normalized spacial score (nSPS) is 15.6. The van der Waals surface area contributed by atoms with Crippen LogP contribution in [0.15, 0.2) is 55.4 Å². The Morgan fingerprint density at radius 3 is 2.85 bits per heavy atom. The molecule has 0 aliphatic carbocycles. The van der Waals surface area contributed by atoms with Crippen LogP contribution in [0.1, 0.15) is 28.5 Å². The highest BCUT2D eigenvalue weighted by atomic mass is 16.5. The summed E-state index contributed by atoms with van der Waals surface area (Å²) in [6.45, 7) is 9.42. The van der Waals surface area contributed by atoms with Crippen molar-refractivity contribution < 1.29 is 4.74 Å². The number of benzene rings is 1. The van der Waals surface area contributed by atoms with E-state index in [9.17, 15) is 0 Å². The lowest BCUT2D eigenvalue weighted by molar-refractivity contribution is 0.0608. The molecule has 1 unspecified atom stereocenters. The van der Waals surface area contributed by atoms with E-state index in [1.807, 2.05) is 30.6 Å². The average molecular weight is 361 g/mol. The van der Waals surface area contributed by atoms with Gasteiger partial charge in [0.05, 0.1) is 13.2 Å². The topological polar surface area (TPSA) is 30.3 Å². The Kier molecular flexibility index (Phi) is 5.10. The van der Waals surface area contributed by atoms with Crippen LogP contribution in [0.4, 0.5) is 0 Å². The van der Waals surface area contributed by atoms with E-state index in [0.29, 0.717) is 6.61 Å². The molecular weight excluding hydrogens is 334 g/mol. The molecule has 4 heteroatoms. The number of rotatable bonds is 6. The number of pyridine rings is 1. The Balaban J connectivity index is 1.79. The second-order valence-electron chi connectivity index (χ2n) is 7.44. The number of aryl methyl sites for hydroxylation is 1. The fraction of sp³-hybridized carbons (Fsp3) is 0.348. The molecule has 27 heavy (non-hydrogen) atoms. The zero-order chi connectivity index (χ0) is 18.8. The van der Waals surface area contributed by atoms with E-state index in [1.165, 1.54) is 27.7 Å². The largest absolute Gasteiger partial charge is 0.368 e.